The molecular formula is C26H31ClN4O7S. The topological polar surface area (TPSA) is 131 Å². The number of benzene rings is 2. The van der Waals surface area contributed by atoms with E-state index >= 15 is 0 Å². The van der Waals surface area contributed by atoms with Crippen molar-refractivity contribution >= 4 is 47.2 Å². The lowest BCUT2D eigenvalue weighted by Gasteiger charge is -2.36. The van der Waals surface area contributed by atoms with Crippen LogP contribution in [0.5, 0.6) is 5.75 Å². The zero-order valence-electron chi connectivity index (χ0n) is 21.5. The van der Waals surface area contributed by atoms with Gasteiger partial charge in [-0.1, -0.05) is 43.0 Å². The summed E-state index contributed by atoms with van der Waals surface area (Å²) in [5.74, 6) is 0.847. The summed E-state index contributed by atoms with van der Waals surface area (Å²) in [4.78, 5) is 48.3. The molecule has 2 fully saturated rings. The lowest BCUT2D eigenvalue weighted by Crippen LogP contribution is -2.47. The molecule has 0 aromatic heterocycles. The Hall–Kier alpha value is -3.51. The molecule has 13 heteroatoms. The highest BCUT2D eigenvalue weighted by Crippen LogP contribution is 2.35. The van der Waals surface area contributed by atoms with Crippen LogP contribution in [0.3, 0.4) is 0 Å². The van der Waals surface area contributed by atoms with Crippen LogP contribution in [0.15, 0.2) is 48.5 Å². The number of nitro groups is 1. The number of halogens is 1. The van der Waals surface area contributed by atoms with E-state index in [1.54, 1.807) is 4.90 Å². The van der Waals surface area contributed by atoms with Gasteiger partial charge < -0.3 is 19.7 Å². The van der Waals surface area contributed by atoms with E-state index in [-0.39, 0.29) is 23.4 Å². The average molecular weight is 579 g/mol. The van der Waals surface area contributed by atoms with E-state index in [4.69, 9.17) is 21.1 Å². The molecule has 2 aromatic rings. The minimum absolute atomic E-state index is 0.00106. The number of nitrogens with one attached hydrogen (secondary N) is 1. The van der Waals surface area contributed by atoms with Gasteiger partial charge in [0.05, 0.1) is 25.1 Å². The van der Waals surface area contributed by atoms with Crippen molar-refractivity contribution in [3.63, 3.8) is 0 Å². The zero-order valence-corrected chi connectivity index (χ0v) is 23.2. The first kappa shape index (κ1) is 30.0. The smallest absolute Gasteiger partial charge is 0.410 e. The average Bonchev–Trinajstić information content (AvgIpc) is 3.22. The lowest BCUT2D eigenvalue weighted by atomic mass is 9.91. The number of hydrogen-bond donors (Lipinski definition) is 2. The number of carbonyl (C=O) groups excluding carboxylic acids is 3. The molecule has 2 saturated heterocycles. The number of piperidine rings is 1. The molecule has 0 unspecified atom stereocenters. The SMILES string of the molecule is COc1ccc([N+](=O)[O-])cc1CN1CC2(CCN(C(=O)S)CC2)OC1=O.O=C(CCCl)NCc1ccccc1. The first-order chi connectivity index (χ1) is 18.7. The summed E-state index contributed by atoms with van der Waals surface area (Å²) in [6.45, 7) is 2.05. The van der Waals surface area contributed by atoms with Crippen molar-refractivity contribution in [1.29, 1.82) is 0 Å². The van der Waals surface area contributed by atoms with Crippen LogP contribution in [-0.2, 0) is 22.6 Å². The van der Waals surface area contributed by atoms with Gasteiger partial charge in [-0.3, -0.25) is 24.6 Å². The van der Waals surface area contributed by atoms with Gasteiger partial charge in [0.1, 0.15) is 11.4 Å². The van der Waals surface area contributed by atoms with Crippen LogP contribution in [0.25, 0.3) is 0 Å². The highest BCUT2D eigenvalue weighted by molar-refractivity contribution is 7.96. The summed E-state index contributed by atoms with van der Waals surface area (Å²) >= 11 is 9.24. The molecule has 2 heterocycles. The molecule has 2 aliphatic rings. The maximum absolute atomic E-state index is 12.3. The molecule has 0 saturated carbocycles. The summed E-state index contributed by atoms with van der Waals surface area (Å²) in [6, 6.07) is 14.1. The van der Waals surface area contributed by atoms with Crippen LogP contribution >= 0.6 is 24.2 Å². The number of nitrogens with zero attached hydrogens (tertiary/aromatic N) is 3. The third kappa shape index (κ3) is 8.49. The standard InChI is InChI=1S/C16H19N3O6S.C10H12ClNO/c1-24-13-3-2-12(19(22)23)8-11(13)9-18-10-16(25-14(18)20)4-6-17(7-5-16)15(21)26;11-7-6-10(13)12-8-9-4-2-1-3-5-9/h2-3,8H,4-7,9-10H2,1H3,(H,21,26);1-5H,6-8H2,(H,12,13). The third-order valence-electron chi connectivity index (χ3n) is 6.48. The first-order valence-electron chi connectivity index (χ1n) is 12.3. The molecule has 0 radical (unpaired) electrons. The van der Waals surface area contributed by atoms with Gasteiger partial charge in [-0.2, -0.15) is 0 Å². The number of carbonyl (C=O) groups is 3. The predicted molar refractivity (Wildman–Crippen MR) is 148 cm³/mol. The summed E-state index contributed by atoms with van der Waals surface area (Å²) in [5, 5.41) is 13.5. The van der Waals surface area contributed by atoms with Gasteiger partial charge in [0.15, 0.2) is 0 Å². The Morgan fingerprint density at radius 1 is 1.21 bits per heavy atom. The third-order valence-corrected chi connectivity index (χ3v) is 6.95. The molecule has 39 heavy (non-hydrogen) atoms. The Morgan fingerprint density at radius 2 is 1.90 bits per heavy atom. The van der Waals surface area contributed by atoms with Crippen LogP contribution in [0.4, 0.5) is 15.3 Å². The second kappa shape index (κ2) is 14.0. The maximum atomic E-state index is 12.3. The van der Waals surface area contributed by atoms with Crippen LogP contribution in [-0.4, -0.2) is 70.2 Å². The van der Waals surface area contributed by atoms with E-state index in [2.05, 4.69) is 17.9 Å². The van der Waals surface area contributed by atoms with E-state index in [9.17, 15) is 24.5 Å². The normalized spacial score (nSPS) is 15.7. The lowest BCUT2D eigenvalue weighted by molar-refractivity contribution is -0.384. The minimum atomic E-state index is -0.634. The van der Waals surface area contributed by atoms with Crippen molar-refractivity contribution in [3.05, 3.63) is 69.8 Å². The van der Waals surface area contributed by atoms with Gasteiger partial charge >= 0.3 is 6.09 Å². The molecule has 4 rings (SSSR count). The molecule has 210 valence electrons. The van der Waals surface area contributed by atoms with Crippen LogP contribution in [0.2, 0.25) is 0 Å². The largest absolute Gasteiger partial charge is 0.496 e. The Bertz CT molecular complexity index is 1180. The van der Waals surface area contributed by atoms with Crippen LogP contribution in [0.1, 0.15) is 30.4 Å². The predicted octanol–water partition coefficient (Wildman–Crippen LogP) is 4.37. The molecule has 2 aromatic carbocycles. The number of hydrogen-bond acceptors (Lipinski definition) is 7. The molecule has 11 nitrogen and oxygen atoms in total. The van der Waals surface area contributed by atoms with Crippen molar-refractivity contribution in [3.8, 4) is 5.75 Å². The van der Waals surface area contributed by atoms with Gasteiger partial charge in [0, 0.05) is 62.5 Å². The van der Waals surface area contributed by atoms with Gasteiger partial charge in [-0.15, -0.1) is 11.6 Å². The number of ether oxygens (including phenoxy) is 2. The summed E-state index contributed by atoms with van der Waals surface area (Å²) in [7, 11) is 1.47. The monoisotopic (exact) mass is 578 g/mol. The van der Waals surface area contributed by atoms with Crippen molar-refractivity contribution in [2.24, 2.45) is 0 Å². The maximum Gasteiger partial charge on any atom is 0.410 e. The van der Waals surface area contributed by atoms with Gasteiger partial charge in [-0.25, -0.2) is 4.79 Å². The van der Waals surface area contributed by atoms with Crippen molar-refractivity contribution in [2.75, 3.05) is 32.6 Å². The van der Waals surface area contributed by atoms with Crippen LogP contribution in [0, 0.1) is 10.1 Å². The Labute approximate surface area is 236 Å². The second-order valence-electron chi connectivity index (χ2n) is 9.13. The second-order valence-corrected chi connectivity index (χ2v) is 9.89. The molecule has 0 aliphatic carbocycles. The number of likely N-dealkylation sites (tertiary alicyclic amines) is 1. The summed E-state index contributed by atoms with van der Waals surface area (Å²) in [5.41, 5.74) is 0.942. The Kier molecular flexibility index (Phi) is 10.8. The Morgan fingerprint density at radius 3 is 2.49 bits per heavy atom. The zero-order chi connectivity index (χ0) is 28.4. The molecular weight excluding hydrogens is 548 g/mol. The highest BCUT2D eigenvalue weighted by Gasteiger charge is 2.47. The van der Waals surface area contributed by atoms with E-state index < -0.39 is 16.6 Å². The number of rotatable bonds is 8. The van der Waals surface area contributed by atoms with E-state index in [1.165, 1.54) is 30.2 Å². The summed E-state index contributed by atoms with van der Waals surface area (Å²) < 4.78 is 10.9. The fraction of sp³-hybridized carbons (Fsp3) is 0.423. The number of nitro benzene ring substituents is 1. The van der Waals surface area contributed by atoms with Gasteiger partial charge in [0.2, 0.25) is 5.91 Å². The number of non-ortho nitro benzene ring substituents is 1. The molecule has 3 amide bonds. The highest BCUT2D eigenvalue weighted by atomic mass is 35.5. The molecule has 1 spiro atoms. The van der Waals surface area contributed by atoms with Crippen molar-refractivity contribution < 1.29 is 28.8 Å². The van der Waals surface area contributed by atoms with Crippen molar-refractivity contribution in [1.82, 2.24) is 15.1 Å². The minimum Gasteiger partial charge on any atom is -0.496 e. The van der Waals surface area contributed by atoms with E-state index in [0.29, 0.717) is 62.6 Å². The van der Waals surface area contributed by atoms with Crippen molar-refractivity contribution in [2.45, 2.75) is 38.0 Å². The van der Waals surface area contributed by atoms with Gasteiger partial charge in [-0.05, 0) is 11.6 Å². The number of methoxy groups -OCH3 is 1. The van der Waals surface area contributed by atoms with E-state index in [0.717, 1.165) is 5.56 Å². The quantitative estimate of drug-likeness (QED) is 0.206. The number of thiol groups is 1. The van der Waals surface area contributed by atoms with E-state index in [1.807, 2.05) is 30.3 Å². The first-order valence-corrected chi connectivity index (χ1v) is 13.3. The summed E-state index contributed by atoms with van der Waals surface area (Å²) in [6.07, 6.45) is 0.986. The molecule has 1 N–H and O–H groups in total. The molecule has 0 atom stereocenters. The fourth-order valence-electron chi connectivity index (χ4n) is 4.36. The van der Waals surface area contributed by atoms with Crippen LogP contribution < -0.4 is 10.1 Å². The number of amides is 3. The molecule has 0 bridgehead atoms. The van der Waals surface area contributed by atoms with Gasteiger partial charge in [0.25, 0.3) is 10.9 Å². The Balaban J connectivity index is 0.000000272. The fourth-order valence-corrected chi connectivity index (χ4v) is 4.73. The molecule has 2 aliphatic heterocycles. The number of alkyl halides is 1.